The number of hydrogen-bond donors (Lipinski definition) is 2. The summed E-state index contributed by atoms with van der Waals surface area (Å²) >= 11 is 4.88. The van der Waals surface area contributed by atoms with E-state index in [4.69, 9.17) is 10.2 Å². The average Bonchev–Trinajstić information content (AvgIpc) is 2.20. The molecule has 0 aliphatic carbocycles. The maximum absolute atomic E-state index is 8.38. The number of aliphatic hydroxyl groups excluding tert-OH is 2. The van der Waals surface area contributed by atoms with Gasteiger partial charge in [0.15, 0.2) is 0 Å². The van der Waals surface area contributed by atoms with Gasteiger partial charge in [0.1, 0.15) is 0 Å². The maximum atomic E-state index is 8.38. The molecular weight excluding hydrogens is 430 g/mol. The van der Waals surface area contributed by atoms with E-state index in [9.17, 15) is 0 Å². The van der Waals surface area contributed by atoms with E-state index in [2.05, 4.69) is 52.1 Å². The average molecular weight is 456 g/mol. The second kappa shape index (κ2) is 16.4. The van der Waals surface area contributed by atoms with E-state index in [1.807, 2.05) is 6.92 Å². The van der Waals surface area contributed by atoms with Crippen molar-refractivity contribution in [3.8, 4) is 0 Å². The van der Waals surface area contributed by atoms with Crippen LogP contribution in [0.15, 0.2) is 0 Å². The zero-order chi connectivity index (χ0) is 12.8. The fraction of sp³-hybridized carbons (Fsp3) is 1.00. The molecule has 0 heterocycles. The zero-order valence-electron chi connectivity index (χ0n) is 10.5. The maximum Gasteiger partial charge on any atom is 0.0433 e. The van der Waals surface area contributed by atoms with E-state index >= 15 is 0 Å². The molecule has 0 fully saturated rings. The Labute approximate surface area is 128 Å². The summed E-state index contributed by atoms with van der Waals surface area (Å²) < 4.78 is 2.63. The topological polar surface area (TPSA) is 40.5 Å². The smallest absolute Gasteiger partial charge is 0.0433 e. The van der Waals surface area contributed by atoms with Gasteiger partial charge in [-0.05, 0) is 46.4 Å². The van der Waals surface area contributed by atoms with Gasteiger partial charge in [-0.2, -0.15) is 0 Å². The first-order valence-corrected chi connectivity index (χ1v) is 9.01. The van der Waals surface area contributed by atoms with Crippen LogP contribution in [0, 0.1) is 11.8 Å². The summed E-state index contributed by atoms with van der Waals surface area (Å²) in [5.74, 6) is 1.41. The van der Waals surface area contributed by atoms with E-state index in [0.717, 1.165) is 18.8 Å². The molecule has 0 saturated carbocycles. The van der Waals surface area contributed by atoms with Gasteiger partial charge in [0.05, 0.1) is 0 Å². The van der Waals surface area contributed by atoms with Gasteiger partial charge < -0.3 is 10.2 Å². The highest BCUT2D eigenvalue weighted by atomic mass is 127. The van der Waals surface area contributed by atoms with Crippen molar-refractivity contribution < 1.29 is 10.2 Å². The lowest BCUT2D eigenvalue weighted by molar-refractivity contribution is 0.223. The Bertz CT molecular complexity index is 97.6. The molecule has 0 radical (unpaired) electrons. The highest BCUT2D eigenvalue weighted by Crippen LogP contribution is 2.10. The van der Waals surface area contributed by atoms with Crippen molar-refractivity contribution in [3.63, 3.8) is 0 Å². The van der Waals surface area contributed by atoms with Crippen molar-refractivity contribution in [1.29, 1.82) is 0 Å². The minimum atomic E-state index is 0.237. The quantitative estimate of drug-likeness (QED) is 0.433. The molecule has 0 aliphatic heterocycles. The minimum absolute atomic E-state index is 0.237. The fourth-order valence-corrected chi connectivity index (χ4v) is 3.23. The summed E-state index contributed by atoms with van der Waals surface area (Å²) in [6.07, 6.45) is 4.40. The minimum Gasteiger partial charge on any atom is -0.396 e. The Balaban J connectivity index is 0. The van der Waals surface area contributed by atoms with Gasteiger partial charge in [0.2, 0.25) is 0 Å². The first-order valence-electron chi connectivity index (χ1n) is 5.95. The van der Waals surface area contributed by atoms with E-state index in [-0.39, 0.29) is 13.2 Å². The Morgan fingerprint density at radius 2 is 1.06 bits per heavy atom. The SMILES string of the molecule is CC(CCI)CCI.CC(CCO)CCO. The summed E-state index contributed by atoms with van der Waals surface area (Å²) in [7, 11) is 0. The van der Waals surface area contributed by atoms with Crippen LogP contribution in [-0.2, 0) is 0 Å². The van der Waals surface area contributed by atoms with E-state index in [1.165, 1.54) is 21.7 Å². The summed E-state index contributed by atoms with van der Waals surface area (Å²) in [4.78, 5) is 0. The molecule has 16 heavy (non-hydrogen) atoms. The molecular formula is C12H26I2O2. The molecule has 0 aromatic carbocycles. The van der Waals surface area contributed by atoms with Crippen molar-refractivity contribution >= 4 is 45.2 Å². The van der Waals surface area contributed by atoms with Gasteiger partial charge in [-0.3, -0.25) is 0 Å². The third-order valence-electron chi connectivity index (χ3n) is 2.45. The summed E-state index contributed by atoms with van der Waals surface area (Å²) in [6.45, 7) is 4.83. The van der Waals surface area contributed by atoms with Crippen LogP contribution in [0.5, 0.6) is 0 Å². The van der Waals surface area contributed by atoms with Crippen LogP contribution < -0.4 is 0 Å². The van der Waals surface area contributed by atoms with Crippen LogP contribution in [-0.4, -0.2) is 32.3 Å². The number of hydrogen-bond acceptors (Lipinski definition) is 2. The van der Waals surface area contributed by atoms with E-state index < -0.39 is 0 Å². The molecule has 0 aromatic heterocycles. The Morgan fingerprint density at radius 1 is 0.750 bits per heavy atom. The largest absolute Gasteiger partial charge is 0.396 e. The zero-order valence-corrected chi connectivity index (χ0v) is 14.8. The molecule has 2 N–H and O–H groups in total. The molecule has 0 spiro atoms. The van der Waals surface area contributed by atoms with Crippen LogP contribution in [0.25, 0.3) is 0 Å². The second-order valence-electron chi connectivity index (χ2n) is 4.19. The Morgan fingerprint density at radius 3 is 1.31 bits per heavy atom. The lowest BCUT2D eigenvalue weighted by Crippen LogP contribution is -1.99. The van der Waals surface area contributed by atoms with Crippen LogP contribution in [0.1, 0.15) is 39.5 Å². The molecule has 0 aromatic rings. The number of halogens is 2. The van der Waals surface area contributed by atoms with Crippen molar-refractivity contribution in [3.05, 3.63) is 0 Å². The van der Waals surface area contributed by atoms with Gasteiger partial charge >= 0.3 is 0 Å². The van der Waals surface area contributed by atoms with E-state index in [0.29, 0.717) is 5.92 Å². The Kier molecular flexibility index (Phi) is 20.2. The second-order valence-corrected chi connectivity index (χ2v) is 6.35. The lowest BCUT2D eigenvalue weighted by atomic mass is 10.1. The van der Waals surface area contributed by atoms with Gasteiger partial charge in [-0.1, -0.05) is 59.0 Å². The van der Waals surface area contributed by atoms with Crippen LogP contribution >= 0.6 is 45.2 Å². The standard InChI is InChI=1S/C6H12I2.C6H14O2/c2*1-6(2-4-7)3-5-8/h6H,2-5H2,1H3;6-8H,2-5H2,1H3. The van der Waals surface area contributed by atoms with Crippen LogP contribution in [0.2, 0.25) is 0 Å². The van der Waals surface area contributed by atoms with Crippen molar-refractivity contribution in [2.45, 2.75) is 39.5 Å². The summed E-state index contributed by atoms with van der Waals surface area (Å²) in [6, 6.07) is 0. The highest BCUT2D eigenvalue weighted by Gasteiger charge is 1.97. The number of rotatable bonds is 8. The first-order chi connectivity index (χ1) is 7.62. The molecule has 0 bridgehead atoms. The molecule has 0 saturated heterocycles. The van der Waals surface area contributed by atoms with Crippen LogP contribution in [0.3, 0.4) is 0 Å². The molecule has 0 unspecified atom stereocenters. The van der Waals surface area contributed by atoms with Crippen LogP contribution in [0.4, 0.5) is 0 Å². The highest BCUT2D eigenvalue weighted by molar-refractivity contribution is 14.1. The fourth-order valence-electron chi connectivity index (χ4n) is 1.10. The predicted octanol–water partition coefficient (Wildman–Crippen LogP) is 3.66. The van der Waals surface area contributed by atoms with Gasteiger partial charge in [-0.25, -0.2) is 0 Å². The monoisotopic (exact) mass is 456 g/mol. The van der Waals surface area contributed by atoms with Gasteiger partial charge in [0, 0.05) is 13.2 Å². The third kappa shape index (κ3) is 17.8. The Hall–Kier alpha value is 1.38. The first kappa shape index (κ1) is 19.7. The molecule has 0 atom stereocenters. The van der Waals surface area contributed by atoms with Crippen molar-refractivity contribution in [2.24, 2.45) is 11.8 Å². The number of aliphatic hydroxyl groups is 2. The van der Waals surface area contributed by atoms with Gasteiger partial charge in [0.25, 0.3) is 0 Å². The number of alkyl halides is 2. The van der Waals surface area contributed by atoms with Crippen molar-refractivity contribution in [1.82, 2.24) is 0 Å². The third-order valence-corrected chi connectivity index (χ3v) is 3.69. The van der Waals surface area contributed by atoms with Gasteiger partial charge in [-0.15, -0.1) is 0 Å². The van der Waals surface area contributed by atoms with Crippen molar-refractivity contribution in [2.75, 3.05) is 22.1 Å². The predicted molar refractivity (Wildman–Crippen MR) is 88.7 cm³/mol. The molecule has 100 valence electrons. The summed E-state index contributed by atoms with van der Waals surface area (Å²) in [5.41, 5.74) is 0. The molecule has 0 amide bonds. The molecule has 0 rings (SSSR count). The molecule has 0 aliphatic rings. The summed E-state index contributed by atoms with van der Waals surface area (Å²) in [5, 5.41) is 16.8. The van der Waals surface area contributed by atoms with E-state index in [1.54, 1.807) is 0 Å². The molecule has 4 heteroatoms. The normalized spacial score (nSPS) is 10.5. The lowest BCUT2D eigenvalue weighted by Gasteiger charge is -2.04. The molecule has 2 nitrogen and oxygen atoms in total.